The molecule has 2 aromatic heterocycles. The summed E-state index contributed by atoms with van der Waals surface area (Å²) in [6.07, 6.45) is 1.30. The highest BCUT2D eigenvalue weighted by Crippen LogP contribution is 2.30. The third kappa shape index (κ3) is 3.47. The van der Waals surface area contributed by atoms with Crippen molar-refractivity contribution in [3.8, 4) is 5.69 Å². The zero-order chi connectivity index (χ0) is 19.0. The number of benzene rings is 1. The van der Waals surface area contributed by atoms with Crippen LogP contribution >= 0.6 is 22.9 Å². The van der Waals surface area contributed by atoms with Crippen LogP contribution in [0.2, 0.25) is 5.02 Å². The number of ether oxygens (including phenoxy) is 1. The van der Waals surface area contributed by atoms with Gasteiger partial charge in [-0.15, -0.1) is 11.3 Å². The number of morpholine rings is 1. The Balaban J connectivity index is 1.67. The summed E-state index contributed by atoms with van der Waals surface area (Å²) >= 11 is 7.89. The third-order valence-electron chi connectivity index (χ3n) is 4.31. The molecule has 0 amide bonds. The van der Waals surface area contributed by atoms with Crippen molar-refractivity contribution in [2.45, 2.75) is 6.10 Å². The molecule has 3 aromatic rings. The lowest BCUT2D eigenvalue weighted by molar-refractivity contribution is 0.0421. The molecule has 1 fully saturated rings. The molecular formula is C18H14ClF2N3O2S. The van der Waals surface area contributed by atoms with Crippen LogP contribution in [0.15, 0.2) is 46.7 Å². The molecule has 4 rings (SSSR count). The summed E-state index contributed by atoms with van der Waals surface area (Å²) in [7, 11) is 0. The Morgan fingerprint density at radius 2 is 2.11 bits per heavy atom. The van der Waals surface area contributed by atoms with E-state index in [-0.39, 0.29) is 16.8 Å². The minimum atomic E-state index is -0.891. The van der Waals surface area contributed by atoms with Gasteiger partial charge in [-0.1, -0.05) is 17.7 Å². The zero-order valence-corrected chi connectivity index (χ0v) is 15.5. The smallest absolute Gasteiger partial charge is 0.292 e. The van der Waals surface area contributed by atoms with Gasteiger partial charge in [-0.05, 0) is 23.6 Å². The van der Waals surface area contributed by atoms with Crippen LogP contribution in [-0.4, -0.2) is 29.5 Å². The van der Waals surface area contributed by atoms with E-state index >= 15 is 0 Å². The maximum atomic E-state index is 14.0. The lowest BCUT2D eigenvalue weighted by Crippen LogP contribution is -2.39. The average Bonchev–Trinajstić information content (AvgIpc) is 3.19. The van der Waals surface area contributed by atoms with Gasteiger partial charge in [-0.3, -0.25) is 4.79 Å². The molecule has 140 valence electrons. The van der Waals surface area contributed by atoms with E-state index in [1.54, 1.807) is 11.3 Å². The minimum absolute atomic E-state index is 0.0689. The molecule has 5 nitrogen and oxygen atoms in total. The van der Waals surface area contributed by atoms with Gasteiger partial charge in [0.25, 0.3) is 5.56 Å². The molecule has 0 spiro atoms. The summed E-state index contributed by atoms with van der Waals surface area (Å²) < 4.78 is 33.7. The van der Waals surface area contributed by atoms with E-state index in [9.17, 15) is 13.6 Å². The van der Waals surface area contributed by atoms with Crippen LogP contribution in [-0.2, 0) is 4.74 Å². The molecule has 1 aromatic carbocycles. The highest BCUT2D eigenvalue weighted by molar-refractivity contribution is 7.10. The number of anilines is 1. The Morgan fingerprint density at radius 3 is 2.85 bits per heavy atom. The first-order valence-corrected chi connectivity index (χ1v) is 9.43. The largest absolute Gasteiger partial charge is 0.369 e. The van der Waals surface area contributed by atoms with Crippen LogP contribution in [0.25, 0.3) is 5.69 Å². The van der Waals surface area contributed by atoms with E-state index in [2.05, 4.69) is 5.10 Å². The van der Waals surface area contributed by atoms with Gasteiger partial charge in [0.05, 0.1) is 18.5 Å². The fourth-order valence-corrected chi connectivity index (χ4v) is 4.00. The van der Waals surface area contributed by atoms with Gasteiger partial charge in [0.15, 0.2) is 5.82 Å². The van der Waals surface area contributed by atoms with Gasteiger partial charge in [0, 0.05) is 24.0 Å². The molecule has 9 heteroatoms. The van der Waals surface area contributed by atoms with Gasteiger partial charge >= 0.3 is 0 Å². The lowest BCUT2D eigenvalue weighted by Gasteiger charge is -2.34. The van der Waals surface area contributed by atoms with Gasteiger partial charge in [-0.25, -0.2) is 8.78 Å². The Bertz CT molecular complexity index is 1030. The zero-order valence-electron chi connectivity index (χ0n) is 13.9. The fourth-order valence-electron chi connectivity index (χ4n) is 2.98. The second-order valence-electron chi connectivity index (χ2n) is 5.98. The van der Waals surface area contributed by atoms with Crippen LogP contribution in [0, 0.1) is 11.6 Å². The number of hydrogen-bond acceptors (Lipinski definition) is 5. The molecule has 1 unspecified atom stereocenters. The van der Waals surface area contributed by atoms with Crippen LogP contribution in [0.1, 0.15) is 11.0 Å². The molecule has 1 saturated heterocycles. The molecule has 0 saturated carbocycles. The summed E-state index contributed by atoms with van der Waals surface area (Å²) in [5.41, 5.74) is -0.363. The van der Waals surface area contributed by atoms with Crippen molar-refractivity contribution in [3.63, 3.8) is 0 Å². The van der Waals surface area contributed by atoms with E-state index < -0.39 is 17.2 Å². The number of nitrogens with zero attached hydrogens (tertiary/aromatic N) is 3. The number of thiophene rings is 1. The first-order valence-electron chi connectivity index (χ1n) is 8.18. The molecular weight excluding hydrogens is 396 g/mol. The Hall–Kier alpha value is -2.29. The Labute approximate surface area is 162 Å². The van der Waals surface area contributed by atoms with Crippen LogP contribution < -0.4 is 10.5 Å². The third-order valence-corrected chi connectivity index (χ3v) is 5.63. The predicted octanol–water partition coefficient (Wildman–Crippen LogP) is 3.80. The van der Waals surface area contributed by atoms with Gasteiger partial charge in [0.1, 0.15) is 22.6 Å². The second-order valence-corrected chi connectivity index (χ2v) is 7.33. The van der Waals surface area contributed by atoms with Crippen molar-refractivity contribution in [1.29, 1.82) is 0 Å². The first-order chi connectivity index (χ1) is 13.0. The lowest BCUT2D eigenvalue weighted by atomic mass is 10.2. The average molecular weight is 410 g/mol. The summed E-state index contributed by atoms with van der Waals surface area (Å²) in [4.78, 5) is 15.6. The summed E-state index contributed by atoms with van der Waals surface area (Å²) in [6.45, 7) is 1.56. The Morgan fingerprint density at radius 1 is 1.26 bits per heavy atom. The van der Waals surface area contributed by atoms with Crippen LogP contribution in [0.4, 0.5) is 14.5 Å². The molecule has 0 aliphatic carbocycles. The van der Waals surface area contributed by atoms with Crippen molar-refractivity contribution in [3.05, 3.63) is 73.8 Å². The molecule has 1 aliphatic heterocycles. The van der Waals surface area contributed by atoms with Crippen LogP contribution in [0.5, 0.6) is 0 Å². The molecule has 1 aliphatic rings. The quantitative estimate of drug-likeness (QED) is 0.660. The maximum absolute atomic E-state index is 14.0. The highest BCUT2D eigenvalue weighted by atomic mass is 35.5. The summed E-state index contributed by atoms with van der Waals surface area (Å²) in [5.74, 6) is -1.63. The molecule has 3 heterocycles. The SMILES string of the molecule is O=c1c(Cl)c(N2CCOC(c3cccs3)C2)cnn1-c1ccc(F)cc1F. The maximum Gasteiger partial charge on any atom is 0.292 e. The Kier molecular flexibility index (Phi) is 4.94. The number of halogens is 3. The van der Waals surface area contributed by atoms with Gasteiger partial charge in [-0.2, -0.15) is 9.78 Å². The monoisotopic (exact) mass is 409 g/mol. The molecule has 0 radical (unpaired) electrons. The molecule has 0 bridgehead atoms. The second kappa shape index (κ2) is 7.38. The fraction of sp³-hybridized carbons (Fsp3) is 0.222. The number of rotatable bonds is 3. The van der Waals surface area contributed by atoms with Crippen molar-refractivity contribution in [1.82, 2.24) is 9.78 Å². The van der Waals surface area contributed by atoms with E-state index in [1.165, 1.54) is 6.20 Å². The number of aromatic nitrogens is 2. The van der Waals surface area contributed by atoms with Crippen LogP contribution in [0.3, 0.4) is 0 Å². The predicted molar refractivity (Wildman–Crippen MR) is 100.0 cm³/mol. The summed E-state index contributed by atoms with van der Waals surface area (Å²) in [5, 5.41) is 5.95. The van der Waals surface area contributed by atoms with Crippen molar-refractivity contribution >= 4 is 28.6 Å². The molecule has 27 heavy (non-hydrogen) atoms. The first kappa shape index (κ1) is 18.1. The minimum Gasteiger partial charge on any atom is -0.369 e. The topological polar surface area (TPSA) is 47.4 Å². The highest BCUT2D eigenvalue weighted by Gasteiger charge is 2.26. The standard InChI is InChI=1S/C18H14ClF2N3O2S/c19-17-14(23-5-6-26-15(10-23)16-2-1-7-27-16)9-22-24(18(17)25)13-4-3-11(20)8-12(13)21/h1-4,7-9,15H,5-6,10H2. The van der Waals surface area contributed by atoms with Crippen molar-refractivity contribution < 1.29 is 13.5 Å². The van der Waals surface area contributed by atoms with Crippen molar-refractivity contribution in [2.24, 2.45) is 0 Å². The van der Waals surface area contributed by atoms with E-state index in [1.807, 2.05) is 22.4 Å². The normalized spacial score (nSPS) is 17.3. The van der Waals surface area contributed by atoms with Gasteiger partial charge < -0.3 is 9.64 Å². The van der Waals surface area contributed by atoms with Crippen molar-refractivity contribution in [2.75, 3.05) is 24.6 Å². The summed E-state index contributed by atoms with van der Waals surface area (Å²) in [6, 6.07) is 6.85. The van der Waals surface area contributed by atoms with E-state index in [0.29, 0.717) is 31.5 Å². The molecule has 0 N–H and O–H groups in total. The van der Waals surface area contributed by atoms with E-state index in [0.717, 1.165) is 21.7 Å². The van der Waals surface area contributed by atoms with Gasteiger partial charge in [0.2, 0.25) is 0 Å². The number of hydrogen-bond donors (Lipinski definition) is 0. The van der Waals surface area contributed by atoms with E-state index in [4.69, 9.17) is 16.3 Å². The molecule has 1 atom stereocenters.